The Hall–Kier alpha value is -4.08. The van der Waals surface area contributed by atoms with Crippen LogP contribution in [0.15, 0.2) is 85.1 Å². The van der Waals surface area contributed by atoms with Crippen molar-refractivity contribution in [3.8, 4) is 34.1 Å². The molecule has 1 fully saturated rings. The summed E-state index contributed by atoms with van der Waals surface area (Å²) >= 11 is 0. The molecule has 0 spiro atoms. The largest absolute Gasteiger partial charge is 0.457 e. The van der Waals surface area contributed by atoms with E-state index in [1.54, 1.807) is 48.7 Å². The van der Waals surface area contributed by atoms with Gasteiger partial charge in [0.25, 0.3) is 0 Å². The smallest absolute Gasteiger partial charge is 0.211 e. The van der Waals surface area contributed by atoms with Crippen molar-refractivity contribution >= 4 is 21.1 Å². The molecule has 192 valence electrons. The molecule has 1 aliphatic rings. The number of sulfonamides is 1. The number of H-pyrrole nitrogens is 1. The zero-order valence-electron chi connectivity index (χ0n) is 20.6. The summed E-state index contributed by atoms with van der Waals surface area (Å²) in [4.78, 5) is 12.4. The molecular weight excluding hydrogens is 503 g/mol. The van der Waals surface area contributed by atoms with Crippen LogP contribution >= 0.6 is 0 Å². The maximum Gasteiger partial charge on any atom is 0.211 e. The molecule has 1 N–H and O–H groups in total. The zero-order chi connectivity index (χ0) is 26.3. The van der Waals surface area contributed by atoms with Crippen molar-refractivity contribution in [1.29, 1.82) is 0 Å². The van der Waals surface area contributed by atoms with Crippen LogP contribution in [0, 0.1) is 5.82 Å². The first-order valence-electron chi connectivity index (χ1n) is 12.3. The van der Waals surface area contributed by atoms with Crippen LogP contribution in [0.4, 0.5) is 4.39 Å². The van der Waals surface area contributed by atoms with E-state index in [0.29, 0.717) is 47.1 Å². The monoisotopic (exact) mass is 528 g/mol. The number of hydrogen-bond acceptors (Lipinski definition) is 5. The second kappa shape index (κ2) is 9.66. The van der Waals surface area contributed by atoms with Crippen molar-refractivity contribution in [3.63, 3.8) is 0 Å². The van der Waals surface area contributed by atoms with Gasteiger partial charge in [0.2, 0.25) is 10.0 Å². The number of nitrogens with one attached hydrogen (secondary N) is 1. The van der Waals surface area contributed by atoms with Gasteiger partial charge in [0.15, 0.2) is 5.82 Å². The normalized spacial score (nSPS) is 16.2. The minimum absolute atomic E-state index is 0.293. The van der Waals surface area contributed by atoms with E-state index in [4.69, 9.17) is 9.72 Å². The number of aromatic nitrogens is 3. The minimum Gasteiger partial charge on any atom is -0.457 e. The summed E-state index contributed by atoms with van der Waals surface area (Å²) in [6, 6.07) is 22.8. The Morgan fingerprint density at radius 1 is 1.03 bits per heavy atom. The summed E-state index contributed by atoms with van der Waals surface area (Å²) in [6.45, 7) is 0.459. The van der Waals surface area contributed by atoms with Gasteiger partial charge in [-0.2, -0.15) is 4.31 Å². The Kier molecular flexibility index (Phi) is 6.17. The van der Waals surface area contributed by atoms with E-state index in [-0.39, 0.29) is 11.9 Å². The molecule has 7 nitrogen and oxygen atoms in total. The first kappa shape index (κ1) is 24.3. The average Bonchev–Trinajstić information content (AvgIpc) is 3.57. The van der Waals surface area contributed by atoms with Crippen LogP contribution in [0.3, 0.4) is 0 Å². The maximum atomic E-state index is 14.3. The Bertz CT molecular complexity index is 1720. The van der Waals surface area contributed by atoms with Gasteiger partial charge >= 0.3 is 0 Å². The molecule has 1 unspecified atom stereocenters. The van der Waals surface area contributed by atoms with E-state index in [1.165, 1.54) is 16.6 Å². The number of halogens is 1. The highest BCUT2D eigenvalue weighted by Gasteiger charge is 2.35. The van der Waals surface area contributed by atoms with Crippen LogP contribution in [-0.4, -0.2) is 40.5 Å². The predicted octanol–water partition coefficient (Wildman–Crippen LogP) is 6.32. The third-order valence-corrected chi connectivity index (χ3v) is 8.07. The fourth-order valence-corrected chi connectivity index (χ4v) is 6.14. The minimum atomic E-state index is -3.41. The molecule has 9 heteroatoms. The molecule has 1 saturated heterocycles. The van der Waals surface area contributed by atoms with Gasteiger partial charge in [-0.25, -0.2) is 17.8 Å². The quantitative estimate of drug-likeness (QED) is 0.279. The Morgan fingerprint density at radius 3 is 2.55 bits per heavy atom. The van der Waals surface area contributed by atoms with E-state index in [0.717, 1.165) is 23.1 Å². The van der Waals surface area contributed by atoms with Crippen LogP contribution in [-0.2, 0) is 10.0 Å². The van der Waals surface area contributed by atoms with Crippen molar-refractivity contribution in [2.24, 2.45) is 0 Å². The number of hydrogen-bond donors (Lipinski definition) is 1. The van der Waals surface area contributed by atoms with Crippen LogP contribution in [0.2, 0.25) is 0 Å². The van der Waals surface area contributed by atoms with Gasteiger partial charge in [-0.15, -0.1) is 0 Å². The number of aromatic amines is 1. The highest BCUT2D eigenvalue weighted by Crippen LogP contribution is 2.42. The molecular formula is C29H25FN4O3S. The van der Waals surface area contributed by atoms with Gasteiger partial charge < -0.3 is 9.72 Å². The predicted molar refractivity (Wildman–Crippen MR) is 145 cm³/mol. The number of benzene rings is 3. The molecule has 1 aliphatic heterocycles. The third kappa shape index (κ3) is 4.66. The second-order valence-corrected chi connectivity index (χ2v) is 11.3. The Balaban J connectivity index is 1.41. The number of ether oxygens (including phenoxy) is 1. The van der Waals surface area contributed by atoms with Crippen LogP contribution in [0.5, 0.6) is 11.5 Å². The van der Waals surface area contributed by atoms with Gasteiger partial charge in [0, 0.05) is 29.9 Å². The average molecular weight is 529 g/mol. The molecule has 0 radical (unpaired) electrons. The first-order chi connectivity index (χ1) is 18.4. The molecule has 0 saturated carbocycles. The van der Waals surface area contributed by atoms with Crippen molar-refractivity contribution < 1.29 is 17.5 Å². The molecule has 0 bridgehead atoms. The highest BCUT2D eigenvalue weighted by atomic mass is 32.2. The zero-order valence-corrected chi connectivity index (χ0v) is 21.5. The molecule has 38 heavy (non-hydrogen) atoms. The van der Waals surface area contributed by atoms with Crippen molar-refractivity contribution in [2.45, 2.75) is 18.9 Å². The van der Waals surface area contributed by atoms with Gasteiger partial charge in [0.1, 0.15) is 23.0 Å². The lowest BCUT2D eigenvalue weighted by Gasteiger charge is -2.24. The summed E-state index contributed by atoms with van der Waals surface area (Å²) in [5, 5.41) is 0. The number of rotatable bonds is 6. The first-order valence-corrected chi connectivity index (χ1v) is 14.2. The number of fused-ring (bicyclic) bond motifs is 1. The van der Waals surface area contributed by atoms with Gasteiger partial charge in [0.05, 0.1) is 23.3 Å². The van der Waals surface area contributed by atoms with Crippen LogP contribution in [0.1, 0.15) is 24.4 Å². The number of pyridine rings is 1. The van der Waals surface area contributed by atoms with Gasteiger partial charge in [-0.3, -0.25) is 4.98 Å². The standard InChI is InChI=1S/C29H25FN4O3S/c1-38(35,36)34-16-6-10-27(34)22-17-25-26(33-29(32-25)24-9-4-5-15-31-24)18-28(22)37-20-13-11-19(12-14-20)21-7-2-3-8-23(21)30/h2-5,7-9,11-15,17-18,27H,6,10,16H2,1H3,(H,32,33). The summed E-state index contributed by atoms with van der Waals surface area (Å²) in [5.74, 6) is 1.40. The van der Waals surface area contributed by atoms with Crippen molar-refractivity contribution in [3.05, 3.63) is 96.4 Å². The molecule has 2 aromatic heterocycles. The molecule has 1 atom stereocenters. The highest BCUT2D eigenvalue weighted by molar-refractivity contribution is 7.88. The molecule has 5 aromatic rings. The molecule has 0 amide bonds. The molecule has 3 heterocycles. The Labute approximate surface area is 220 Å². The van der Waals surface area contributed by atoms with E-state index in [1.807, 2.05) is 30.3 Å². The molecule has 0 aliphatic carbocycles. The van der Waals surface area contributed by atoms with Gasteiger partial charge in [-0.1, -0.05) is 36.4 Å². The summed E-state index contributed by atoms with van der Waals surface area (Å²) < 4.78 is 47.3. The lowest BCUT2D eigenvalue weighted by molar-refractivity contribution is 0.386. The number of nitrogens with zero attached hydrogens (tertiary/aromatic N) is 3. The third-order valence-electron chi connectivity index (χ3n) is 6.78. The van der Waals surface area contributed by atoms with Crippen molar-refractivity contribution in [1.82, 2.24) is 19.3 Å². The van der Waals surface area contributed by atoms with Crippen LogP contribution in [0.25, 0.3) is 33.7 Å². The Morgan fingerprint density at radius 2 is 1.82 bits per heavy atom. The summed E-state index contributed by atoms with van der Waals surface area (Å²) in [5.41, 5.74) is 4.15. The van der Waals surface area contributed by atoms with E-state index >= 15 is 0 Å². The lowest BCUT2D eigenvalue weighted by atomic mass is 10.0. The summed E-state index contributed by atoms with van der Waals surface area (Å²) in [6.07, 6.45) is 4.38. The van der Waals surface area contributed by atoms with E-state index in [2.05, 4.69) is 9.97 Å². The van der Waals surface area contributed by atoms with Crippen LogP contribution < -0.4 is 4.74 Å². The van der Waals surface area contributed by atoms with E-state index < -0.39 is 10.0 Å². The second-order valence-electron chi connectivity index (χ2n) is 9.35. The molecule has 6 rings (SSSR count). The SMILES string of the molecule is CS(=O)(=O)N1CCCC1c1cc2[nH]c(-c3ccccn3)nc2cc1Oc1ccc(-c2ccccc2F)cc1. The van der Waals surface area contributed by atoms with Gasteiger partial charge in [-0.05, 0) is 54.8 Å². The fraction of sp³-hybridized carbons (Fsp3) is 0.172. The fourth-order valence-electron chi connectivity index (χ4n) is 5.00. The number of imidazole rings is 1. The van der Waals surface area contributed by atoms with Crippen molar-refractivity contribution in [2.75, 3.05) is 12.8 Å². The lowest BCUT2D eigenvalue weighted by Crippen LogP contribution is -2.29. The maximum absolute atomic E-state index is 14.3. The van der Waals surface area contributed by atoms with E-state index in [9.17, 15) is 12.8 Å². The molecule has 3 aromatic carbocycles. The summed E-state index contributed by atoms with van der Waals surface area (Å²) in [7, 11) is -3.41. The topological polar surface area (TPSA) is 88.2 Å².